The van der Waals surface area contributed by atoms with Crippen LogP contribution in [0.1, 0.15) is 49.9 Å². The number of hydrogen-bond acceptors (Lipinski definition) is 5. The van der Waals surface area contributed by atoms with E-state index in [0.717, 1.165) is 33.4 Å². The molecule has 0 spiro atoms. The molecule has 37 heavy (non-hydrogen) atoms. The summed E-state index contributed by atoms with van der Waals surface area (Å²) >= 11 is 0. The van der Waals surface area contributed by atoms with E-state index < -0.39 is 0 Å². The third kappa shape index (κ3) is 4.31. The van der Waals surface area contributed by atoms with Gasteiger partial charge in [-0.05, 0) is 67.6 Å². The van der Waals surface area contributed by atoms with Crippen LogP contribution in [0, 0.1) is 20.8 Å². The Labute approximate surface area is 216 Å². The molecule has 0 bridgehead atoms. The molecule has 1 amide bonds. The second-order valence-electron chi connectivity index (χ2n) is 9.59. The van der Waals surface area contributed by atoms with Crippen molar-refractivity contribution < 1.29 is 19.4 Å². The number of amides is 1. The lowest BCUT2D eigenvalue weighted by Crippen LogP contribution is -2.31. The Kier molecular flexibility index (Phi) is 6.38. The third-order valence-corrected chi connectivity index (χ3v) is 7.05. The Morgan fingerprint density at radius 1 is 0.946 bits per heavy atom. The standard InChI is InChI=1S/C30H31N3O4/c1-17-6-9-21(10-7-17)28-25-26(22-15-18(2)14-19(3)29(22)34)31-32-27(25)30(35)33(28)13-12-20-8-11-23(36-4)24(16-20)37-5/h6-11,14-16,28,34H,12-13H2,1-5H3,(H,31,32)/t28-/m0/s1. The van der Waals surface area contributed by atoms with E-state index in [1.165, 1.54) is 0 Å². The number of rotatable bonds is 7. The number of fused-ring (bicyclic) bond motifs is 1. The summed E-state index contributed by atoms with van der Waals surface area (Å²) in [4.78, 5) is 15.6. The lowest BCUT2D eigenvalue weighted by Gasteiger charge is -2.27. The molecule has 1 aromatic heterocycles. The topological polar surface area (TPSA) is 87.7 Å². The average Bonchev–Trinajstić information content (AvgIpc) is 3.44. The van der Waals surface area contributed by atoms with Gasteiger partial charge in [-0.3, -0.25) is 9.89 Å². The van der Waals surface area contributed by atoms with E-state index in [4.69, 9.17) is 9.47 Å². The zero-order chi connectivity index (χ0) is 26.3. The molecule has 0 saturated heterocycles. The highest BCUT2D eigenvalue weighted by atomic mass is 16.5. The number of ether oxygens (including phenoxy) is 2. The molecule has 4 aromatic rings. The Morgan fingerprint density at radius 3 is 2.38 bits per heavy atom. The summed E-state index contributed by atoms with van der Waals surface area (Å²) in [5.41, 5.74) is 7.45. The van der Waals surface area contributed by atoms with E-state index in [-0.39, 0.29) is 17.7 Å². The van der Waals surface area contributed by atoms with Crippen LogP contribution in [0.2, 0.25) is 0 Å². The van der Waals surface area contributed by atoms with Gasteiger partial charge in [0, 0.05) is 17.7 Å². The van der Waals surface area contributed by atoms with E-state index >= 15 is 0 Å². The number of nitrogens with one attached hydrogen (secondary N) is 1. The highest BCUT2D eigenvalue weighted by molar-refractivity contribution is 6.00. The molecule has 0 radical (unpaired) electrons. The minimum Gasteiger partial charge on any atom is -0.507 e. The molecule has 190 valence electrons. The van der Waals surface area contributed by atoms with Crippen LogP contribution in [0.5, 0.6) is 17.2 Å². The smallest absolute Gasteiger partial charge is 0.273 e. The molecular formula is C30H31N3O4. The summed E-state index contributed by atoms with van der Waals surface area (Å²) in [5.74, 6) is 1.40. The molecule has 0 aliphatic carbocycles. The summed E-state index contributed by atoms with van der Waals surface area (Å²) in [6, 6.07) is 17.6. The average molecular weight is 498 g/mol. The highest BCUT2D eigenvalue weighted by Gasteiger charge is 2.42. The van der Waals surface area contributed by atoms with E-state index in [0.29, 0.717) is 41.4 Å². The van der Waals surface area contributed by atoms with Gasteiger partial charge >= 0.3 is 0 Å². The van der Waals surface area contributed by atoms with Gasteiger partial charge in [0.15, 0.2) is 11.5 Å². The van der Waals surface area contributed by atoms with Gasteiger partial charge in [-0.1, -0.05) is 42.0 Å². The maximum atomic E-state index is 13.7. The van der Waals surface area contributed by atoms with Gasteiger partial charge in [0.2, 0.25) is 0 Å². The number of aromatic nitrogens is 2. The van der Waals surface area contributed by atoms with Crippen LogP contribution < -0.4 is 9.47 Å². The van der Waals surface area contributed by atoms with E-state index in [2.05, 4.69) is 34.5 Å². The van der Waals surface area contributed by atoms with Crippen LogP contribution >= 0.6 is 0 Å². The van der Waals surface area contributed by atoms with Crippen molar-refractivity contribution in [3.8, 4) is 28.5 Å². The molecule has 0 fully saturated rings. The number of phenols is 1. The normalized spacial score (nSPS) is 14.7. The number of carbonyl (C=O) groups is 1. The fourth-order valence-corrected chi connectivity index (χ4v) is 5.15. The van der Waals surface area contributed by atoms with Crippen molar-refractivity contribution >= 4 is 5.91 Å². The van der Waals surface area contributed by atoms with Gasteiger partial charge in [0.1, 0.15) is 17.1 Å². The number of benzene rings is 3. The largest absolute Gasteiger partial charge is 0.507 e. The van der Waals surface area contributed by atoms with Crippen LogP contribution in [0.4, 0.5) is 0 Å². The van der Waals surface area contributed by atoms with Gasteiger partial charge in [0.25, 0.3) is 5.91 Å². The van der Waals surface area contributed by atoms with Crippen molar-refractivity contribution in [1.29, 1.82) is 0 Å². The molecular weight excluding hydrogens is 466 g/mol. The van der Waals surface area contributed by atoms with E-state index in [9.17, 15) is 9.90 Å². The second-order valence-corrected chi connectivity index (χ2v) is 9.59. The molecule has 2 heterocycles. The summed E-state index contributed by atoms with van der Waals surface area (Å²) in [5, 5.41) is 18.4. The number of methoxy groups -OCH3 is 2. The summed E-state index contributed by atoms with van der Waals surface area (Å²) in [7, 11) is 3.22. The SMILES string of the molecule is COc1ccc(CCN2C(=O)c3[nH]nc(-c4cc(C)cc(C)c4O)c3[C@@H]2c2ccc(C)cc2)cc1OC. The monoisotopic (exact) mass is 497 g/mol. The minimum absolute atomic E-state index is 0.108. The number of aromatic hydroxyl groups is 1. The van der Waals surface area contributed by atoms with Gasteiger partial charge in [0.05, 0.1) is 20.3 Å². The quantitative estimate of drug-likeness (QED) is 0.351. The first-order valence-electron chi connectivity index (χ1n) is 12.3. The molecule has 1 atom stereocenters. The molecule has 1 aliphatic rings. The number of H-pyrrole nitrogens is 1. The van der Waals surface area contributed by atoms with Crippen molar-refractivity contribution in [2.75, 3.05) is 20.8 Å². The van der Waals surface area contributed by atoms with Crippen molar-refractivity contribution in [1.82, 2.24) is 15.1 Å². The zero-order valence-corrected chi connectivity index (χ0v) is 21.8. The predicted molar refractivity (Wildman–Crippen MR) is 142 cm³/mol. The number of hydrogen-bond donors (Lipinski definition) is 2. The van der Waals surface area contributed by atoms with Crippen LogP contribution in [-0.2, 0) is 6.42 Å². The molecule has 5 rings (SSSR count). The van der Waals surface area contributed by atoms with Gasteiger partial charge in [-0.15, -0.1) is 0 Å². The highest BCUT2D eigenvalue weighted by Crippen LogP contribution is 2.45. The van der Waals surface area contributed by atoms with Gasteiger partial charge in [-0.2, -0.15) is 5.10 Å². The molecule has 2 N–H and O–H groups in total. The fourth-order valence-electron chi connectivity index (χ4n) is 5.15. The molecule has 0 unspecified atom stereocenters. The van der Waals surface area contributed by atoms with Crippen LogP contribution in [0.15, 0.2) is 54.6 Å². The minimum atomic E-state index is -0.336. The van der Waals surface area contributed by atoms with Crippen molar-refractivity contribution in [3.63, 3.8) is 0 Å². The first-order chi connectivity index (χ1) is 17.8. The maximum absolute atomic E-state index is 13.7. The first kappa shape index (κ1) is 24.4. The third-order valence-electron chi connectivity index (χ3n) is 7.05. The Bertz CT molecular complexity index is 1470. The lowest BCUT2D eigenvalue weighted by atomic mass is 9.93. The summed E-state index contributed by atoms with van der Waals surface area (Å²) in [6.45, 7) is 6.39. The summed E-state index contributed by atoms with van der Waals surface area (Å²) in [6.07, 6.45) is 0.635. The fraction of sp³-hybridized carbons (Fsp3) is 0.267. The van der Waals surface area contributed by atoms with Gasteiger partial charge in [-0.25, -0.2) is 0 Å². The molecule has 7 nitrogen and oxygen atoms in total. The predicted octanol–water partition coefficient (Wildman–Crippen LogP) is 5.51. The number of aryl methyl sites for hydroxylation is 3. The van der Waals surface area contributed by atoms with Crippen LogP contribution in [0.3, 0.4) is 0 Å². The maximum Gasteiger partial charge on any atom is 0.273 e. The molecule has 3 aromatic carbocycles. The van der Waals surface area contributed by atoms with Crippen LogP contribution in [-0.4, -0.2) is 46.9 Å². The summed E-state index contributed by atoms with van der Waals surface area (Å²) < 4.78 is 10.8. The van der Waals surface area contributed by atoms with Crippen LogP contribution in [0.25, 0.3) is 11.3 Å². The van der Waals surface area contributed by atoms with Crippen molar-refractivity contribution in [3.05, 3.63) is 93.7 Å². The number of phenolic OH excluding ortho intramolecular Hbond substituents is 1. The Hall–Kier alpha value is -4.26. The molecule has 7 heteroatoms. The molecule has 0 saturated carbocycles. The lowest BCUT2D eigenvalue weighted by molar-refractivity contribution is 0.0746. The Balaban J connectivity index is 1.57. The number of carbonyl (C=O) groups excluding carboxylic acids is 1. The van der Waals surface area contributed by atoms with Crippen molar-refractivity contribution in [2.45, 2.75) is 33.2 Å². The first-order valence-corrected chi connectivity index (χ1v) is 12.3. The molecule has 1 aliphatic heterocycles. The van der Waals surface area contributed by atoms with E-state index in [1.807, 2.05) is 56.0 Å². The number of nitrogens with zero attached hydrogens (tertiary/aromatic N) is 2. The Morgan fingerprint density at radius 2 is 1.68 bits per heavy atom. The zero-order valence-electron chi connectivity index (χ0n) is 21.8. The number of aromatic amines is 1. The van der Waals surface area contributed by atoms with Crippen molar-refractivity contribution in [2.24, 2.45) is 0 Å². The second kappa shape index (κ2) is 9.65. The van der Waals surface area contributed by atoms with Gasteiger partial charge < -0.3 is 19.5 Å². The van der Waals surface area contributed by atoms with E-state index in [1.54, 1.807) is 14.2 Å².